The lowest BCUT2D eigenvalue weighted by molar-refractivity contribution is -0.147. The second-order valence-electron chi connectivity index (χ2n) is 4.73. The number of carbonyl (C=O) groups is 1. The van der Waals surface area contributed by atoms with E-state index >= 15 is 0 Å². The Morgan fingerprint density at radius 3 is 2.80 bits per heavy atom. The average Bonchev–Trinajstić information content (AvgIpc) is 2.74. The van der Waals surface area contributed by atoms with Gasteiger partial charge in [0.15, 0.2) is 0 Å². The van der Waals surface area contributed by atoms with Crippen LogP contribution in [0.5, 0.6) is 0 Å². The first-order valence-corrected chi connectivity index (χ1v) is 6.16. The van der Waals surface area contributed by atoms with Crippen molar-refractivity contribution in [3.63, 3.8) is 0 Å². The van der Waals surface area contributed by atoms with Gasteiger partial charge in [0.25, 0.3) is 0 Å². The first kappa shape index (κ1) is 12.8. The lowest BCUT2D eigenvalue weighted by atomic mass is 10.1. The summed E-state index contributed by atoms with van der Waals surface area (Å²) in [6.07, 6.45) is -4.17. The number of H-pyrrole nitrogens is 1. The quantitative estimate of drug-likeness (QED) is 0.718. The number of alkyl halides is 3. The summed E-state index contributed by atoms with van der Waals surface area (Å²) in [7, 11) is 0. The Kier molecular flexibility index (Phi) is 2.84. The molecule has 4 nitrogen and oxygen atoms in total. The highest BCUT2D eigenvalue weighted by Crippen LogP contribution is 2.27. The van der Waals surface area contributed by atoms with Gasteiger partial charge < -0.3 is 9.88 Å². The zero-order valence-electron chi connectivity index (χ0n) is 10.4. The molecule has 0 aliphatic carbocycles. The molecule has 0 fully saturated rings. The van der Waals surface area contributed by atoms with Crippen LogP contribution in [0.4, 0.5) is 18.0 Å². The number of hydrogen-bond donors (Lipinski definition) is 2. The third kappa shape index (κ3) is 2.31. The molecule has 20 heavy (non-hydrogen) atoms. The normalized spacial score (nSPS) is 15.2. The number of benzene rings is 1. The van der Waals surface area contributed by atoms with Crippen LogP contribution < -0.4 is 5.32 Å². The van der Waals surface area contributed by atoms with Gasteiger partial charge in [-0.15, -0.1) is 0 Å². The summed E-state index contributed by atoms with van der Waals surface area (Å²) in [4.78, 5) is 16.0. The highest BCUT2D eigenvalue weighted by atomic mass is 19.4. The molecule has 0 unspecified atom stereocenters. The van der Waals surface area contributed by atoms with Gasteiger partial charge in [0.2, 0.25) is 0 Å². The van der Waals surface area contributed by atoms with Crippen LogP contribution in [0.1, 0.15) is 11.3 Å². The van der Waals surface area contributed by atoms with Crippen molar-refractivity contribution in [2.45, 2.75) is 19.3 Å². The van der Waals surface area contributed by atoms with Crippen molar-refractivity contribution in [2.75, 3.05) is 6.54 Å². The van der Waals surface area contributed by atoms with Gasteiger partial charge in [-0.2, -0.15) is 13.2 Å². The SMILES string of the molecule is O=C(NC(F)(F)F)N1CCc2[nH]c3ccccc3c2C1. The molecule has 1 aliphatic rings. The lowest BCUT2D eigenvalue weighted by Crippen LogP contribution is -2.48. The lowest BCUT2D eigenvalue weighted by Gasteiger charge is -2.27. The van der Waals surface area contributed by atoms with E-state index in [0.29, 0.717) is 6.42 Å². The van der Waals surface area contributed by atoms with Gasteiger partial charge in [0.1, 0.15) is 0 Å². The molecule has 0 saturated heterocycles. The Morgan fingerprint density at radius 1 is 1.30 bits per heavy atom. The molecule has 2 heterocycles. The van der Waals surface area contributed by atoms with E-state index in [1.54, 1.807) is 0 Å². The van der Waals surface area contributed by atoms with Gasteiger partial charge in [0.05, 0.1) is 0 Å². The van der Waals surface area contributed by atoms with E-state index in [4.69, 9.17) is 0 Å². The van der Waals surface area contributed by atoms with E-state index in [2.05, 4.69) is 4.98 Å². The molecule has 0 atom stereocenters. The van der Waals surface area contributed by atoms with Crippen LogP contribution in [0.2, 0.25) is 0 Å². The van der Waals surface area contributed by atoms with Crippen molar-refractivity contribution in [3.05, 3.63) is 35.5 Å². The Morgan fingerprint density at radius 2 is 2.05 bits per heavy atom. The maximum Gasteiger partial charge on any atom is 0.485 e. The molecule has 0 radical (unpaired) electrons. The summed E-state index contributed by atoms with van der Waals surface area (Å²) in [6.45, 7) is 0.447. The second kappa shape index (κ2) is 4.43. The predicted octanol–water partition coefficient (Wildman–Crippen LogP) is 2.76. The number of nitrogens with zero attached hydrogens (tertiary/aromatic N) is 1. The number of aromatic amines is 1. The van der Waals surface area contributed by atoms with Crippen LogP contribution in [-0.2, 0) is 13.0 Å². The molecular formula is C13H12F3N3O. The summed E-state index contributed by atoms with van der Waals surface area (Å²) < 4.78 is 36.6. The number of rotatable bonds is 0. The fourth-order valence-corrected chi connectivity index (χ4v) is 2.54. The minimum atomic E-state index is -4.70. The Labute approximate surface area is 112 Å². The fourth-order valence-electron chi connectivity index (χ4n) is 2.54. The van der Waals surface area contributed by atoms with Gasteiger partial charge >= 0.3 is 12.3 Å². The molecule has 2 aromatic rings. The van der Waals surface area contributed by atoms with Gasteiger partial charge in [-0.25, -0.2) is 10.1 Å². The van der Waals surface area contributed by atoms with Crippen LogP contribution >= 0.6 is 0 Å². The summed E-state index contributed by atoms with van der Waals surface area (Å²) in [5.41, 5.74) is 2.82. The van der Waals surface area contributed by atoms with Crippen molar-refractivity contribution < 1.29 is 18.0 Å². The number of para-hydroxylation sites is 1. The summed E-state index contributed by atoms with van der Waals surface area (Å²) >= 11 is 0. The number of aromatic nitrogens is 1. The molecule has 2 amide bonds. The van der Waals surface area contributed by atoms with Crippen LogP contribution in [0.3, 0.4) is 0 Å². The number of nitrogens with one attached hydrogen (secondary N) is 2. The van der Waals surface area contributed by atoms with E-state index in [1.165, 1.54) is 4.90 Å². The fraction of sp³-hybridized carbons (Fsp3) is 0.308. The number of urea groups is 1. The van der Waals surface area contributed by atoms with Crippen molar-refractivity contribution >= 4 is 16.9 Å². The van der Waals surface area contributed by atoms with Gasteiger partial charge in [0, 0.05) is 41.7 Å². The first-order chi connectivity index (χ1) is 9.44. The van der Waals surface area contributed by atoms with E-state index in [9.17, 15) is 18.0 Å². The molecule has 0 saturated carbocycles. The Hall–Kier alpha value is -2.18. The van der Waals surface area contributed by atoms with Gasteiger partial charge in [-0.1, -0.05) is 18.2 Å². The standard InChI is InChI=1S/C13H12F3N3O/c14-13(15,16)18-12(20)19-6-5-11-9(7-19)8-3-1-2-4-10(8)17-11/h1-4,17H,5-7H2,(H,18,20). The first-order valence-electron chi connectivity index (χ1n) is 6.16. The van der Waals surface area contributed by atoms with Crippen molar-refractivity contribution in [3.8, 4) is 0 Å². The molecule has 3 rings (SSSR count). The van der Waals surface area contributed by atoms with E-state index in [1.807, 2.05) is 24.3 Å². The zero-order valence-corrected chi connectivity index (χ0v) is 10.4. The molecular weight excluding hydrogens is 271 g/mol. The smallest absolute Gasteiger partial charge is 0.358 e. The van der Waals surface area contributed by atoms with Crippen molar-refractivity contribution in [2.24, 2.45) is 0 Å². The third-order valence-corrected chi connectivity index (χ3v) is 3.42. The molecule has 7 heteroatoms. The van der Waals surface area contributed by atoms with E-state index < -0.39 is 12.3 Å². The molecule has 1 aromatic heterocycles. The van der Waals surface area contributed by atoms with Crippen LogP contribution in [0, 0.1) is 0 Å². The number of fused-ring (bicyclic) bond motifs is 3. The van der Waals surface area contributed by atoms with Crippen LogP contribution in [0.25, 0.3) is 10.9 Å². The largest absolute Gasteiger partial charge is 0.485 e. The topological polar surface area (TPSA) is 48.1 Å². The minimum absolute atomic E-state index is 0.182. The van der Waals surface area contributed by atoms with Crippen LogP contribution in [0.15, 0.2) is 24.3 Å². The summed E-state index contributed by atoms with van der Waals surface area (Å²) in [5.74, 6) is 0. The third-order valence-electron chi connectivity index (χ3n) is 3.42. The van der Waals surface area contributed by atoms with Crippen molar-refractivity contribution in [1.29, 1.82) is 0 Å². The number of hydrogen-bond acceptors (Lipinski definition) is 1. The Balaban J connectivity index is 1.86. The number of carbonyl (C=O) groups excluding carboxylic acids is 1. The molecule has 0 spiro atoms. The summed E-state index contributed by atoms with van der Waals surface area (Å²) in [5, 5.41) is 1.99. The molecule has 0 bridgehead atoms. The van der Waals surface area contributed by atoms with Crippen molar-refractivity contribution in [1.82, 2.24) is 15.2 Å². The molecule has 1 aromatic carbocycles. The molecule has 1 aliphatic heterocycles. The van der Waals surface area contributed by atoms with Crippen LogP contribution in [-0.4, -0.2) is 28.8 Å². The highest BCUT2D eigenvalue weighted by molar-refractivity contribution is 5.85. The van der Waals surface area contributed by atoms with Gasteiger partial charge in [-0.05, 0) is 6.07 Å². The number of amides is 2. The zero-order chi connectivity index (χ0) is 14.3. The van der Waals surface area contributed by atoms with E-state index in [0.717, 1.165) is 27.5 Å². The summed E-state index contributed by atoms with van der Waals surface area (Å²) in [6, 6.07) is 6.46. The maximum atomic E-state index is 12.2. The molecule has 106 valence electrons. The number of halogens is 3. The average molecular weight is 283 g/mol. The van der Waals surface area contributed by atoms with Gasteiger partial charge in [-0.3, -0.25) is 0 Å². The monoisotopic (exact) mass is 283 g/mol. The Bertz CT molecular complexity index is 662. The highest BCUT2D eigenvalue weighted by Gasteiger charge is 2.33. The van der Waals surface area contributed by atoms with E-state index in [-0.39, 0.29) is 13.1 Å². The second-order valence-corrected chi connectivity index (χ2v) is 4.73. The molecule has 2 N–H and O–H groups in total. The predicted molar refractivity (Wildman–Crippen MR) is 67.0 cm³/mol. The minimum Gasteiger partial charge on any atom is -0.358 e. The maximum absolute atomic E-state index is 12.2.